The van der Waals surface area contributed by atoms with Gasteiger partial charge in [-0.3, -0.25) is 9.59 Å². The summed E-state index contributed by atoms with van der Waals surface area (Å²) in [6.45, 7) is 8.78. The molecule has 0 bridgehead atoms. The standard InChI is InChI=1S/C22H39N3O6/c1-13(2)7-9-17(21(28)30-5)24-19(26)15-11-23-12-16(15)20(27)25-18(22(29)31-6)10-8-14(3)4/h13-18,23H,7-12H2,1-6H3,(H,24,26)(H,25,27)/t15-,16-,17+,18+/m1/s1. The summed E-state index contributed by atoms with van der Waals surface area (Å²) in [4.78, 5) is 50.0. The summed E-state index contributed by atoms with van der Waals surface area (Å²) in [6.07, 6.45) is 2.44. The van der Waals surface area contributed by atoms with E-state index < -0.39 is 35.9 Å². The van der Waals surface area contributed by atoms with E-state index in [2.05, 4.69) is 16.0 Å². The van der Waals surface area contributed by atoms with Gasteiger partial charge in [-0.2, -0.15) is 0 Å². The number of amides is 2. The topological polar surface area (TPSA) is 123 Å². The van der Waals surface area contributed by atoms with Crippen molar-refractivity contribution in [1.29, 1.82) is 0 Å². The van der Waals surface area contributed by atoms with Crippen molar-refractivity contribution in [1.82, 2.24) is 16.0 Å². The molecule has 178 valence electrons. The van der Waals surface area contributed by atoms with Gasteiger partial charge in [0, 0.05) is 13.1 Å². The lowest BCUT2D eigenvalue weighted by Crippen LogP contribution is -2.50. The average molecular weight is 442 g/mol. The minimum absolute atomic E-state index is 0.316. The Morgan fingerprint density at radius 3 is 1.39 bits per heavy atom. The molecule has 4 atom stereocenters. The fourth-order valence-corrected chi connectivity index (χ4v) is 3.57. The number of hydrogen-bond donors (Lipinski definition) is 3. The number of methoxy groups -OCH3 is 2. The first-order chi connectivity index (χ1) is 14.6. The lowest BCUT2D eigenvalue weighted by atomic mass is 9.92. The summed E-state index contributed by atoms with van der Waals surface area (Å²) < 4.78 is 9.64. The van der Waals surface area contributed by atoms with Crippen LogP contribution < -0.4 is 16.0 Å². The van der Waals surface area contributed by atoms with E-state index >= 15 is 0 Å². The molecule has 0 unspecified atom stereocenters. The van der Waals surface area contributed by atoms with Crippen LogP contribution in [-0.4, -0.2) is 63.1 Å². The molecule has 0 spiro atoms. The molecule has 0 aromatic carbocycles. The minimum Gasteiger partial charge on any atom is -0.467 e. The smallest absolute Gasteiger partial charge is 0.328 e. The highest BCUT2D eigenvalue weighted by atomic mass is 16.5. The van der Waals surface area contributed by atoms with Gasteiger partial charge < -0.3 is 25.4 Å². The van der Waals surface area contributed by atoms with E-state index in [0.717, 1.165) is 12.8 Å². The molecule has 1 heterocycles. The first kappa shape index (κ1) is 26.9. The monoisotopic (exact) mass is 441 g/mol. The summed E-state index contributed by atoms with van der Waals surface area (Å²) in [6, 6.07) is -1.50. The third kappa shape index (κ3) is 8.85. The van der Waals surface area contributed by atoms with Gasteiger partial charge in [0.1, 0.15) is 12.1 Å². The SMILES string of the molecule is COC(=O)[C@H](CCC(C)C)NC(=O)[C@@H]1CNC[C@H]1C(=O)N[C@@H](CCC(C)C)C(=O)OC. The molecule has 0 aromatic heterocycles. The van der Waals surface area contributed by atoms with Crippen molar-refractivity contribution in [2.24, 2.45) is 23.7 Å². The summed E-state index contributed by atoms with van der Waals surface area (Å²) in [5.74, 6) is -2.29. The molecule has 9 heteroatoms. The van der Waals surface area contributed by atoms with Crippen molar-refractivity contribution < 1.29 is 28.7 Å². The second-order valence-electron chi connectivity index (χ2n) is 8.98. The minimum atomic E-state index is -0.752. The molecule has 1 aliphatic heterocycles. The quantitative estimate of drug-likeness (QED) is 0.386. The number of ether oxygens (including phenoxy) is 2. The summed E-state index contributed by atoms with van der Waals surface area (Å²) >= 11 is 0. The zero-order valence-electron chi connectivity index (χ0n) is 19.7. The van der Waals surface area contributed by atoms with Gasteiger partial charge in [0.15, 0.2) is 0 Å². The maximum atomic E-state index is 12.9. The number of hydrogen-bond acceptors (Lipinski definition) is 7. The Morgan fingerprint density at radius 1 is 0.742 bits per heavy atom. The summed E-state index contributed by atoms with van der Waals surface area (Å²) in [5.41, 5.74) is 0. The predicted molar refractivity (Wildman–Crippen MR) is 116 cm³/mol. The largest absolute Gasteiger partial charge is 0.467 e. The van der Waals surface area contributed by atoms with Crippen LogP contribution in [0.15, 0.2) is 0 Å². The van der Waals surface area contributed by atoms with Crippen LogP contribution in [0.4, 0.5) is 0 Å². The van der Waals surface area contributed by atoms with Gasteiger partial charge >= 0.3 is 11.9 Å². The van der Waals surface area contributed by atoms with Gasteiger partial charge in [-0.25, -0.2) is 9.59 Å². The highest BCUT2D eigenvalue weighted by Gasteiger charge is 2.40. The second-order valence-corrected chi connectivity index (χ2v) is 8.98. The Hall–Kier alpha value is -2.16. The van der Waals surface area contributed by atoms with E-state index in [0.29, 0.717) is 37.8 Å². The van der Waals surface area contributed by atoms with Crippen molar-refractivity contribution in [3.63, 3.8) is 0 Å². The van der Waals surface area contributed by atoms with Crippen molar-refractivity contribution in [2.45, 2.75) is 65.5 Å². The lowest BCUT2D eigenvalue weighted by Gasteiger charge is -2.24. The molecule has 2 amide bonds. The Kier molecular flexibility index (Phi) is 11.5. The third-order valence-electron chi connectivity index (χ3n) is 5.56. The molecule has 1 fully saturated rings. The Morgan fingerprint density at radius 2 is 1.10 bits per heavy atom. The molecule has 9 nitrogen and oxygen atoms in total. The van der Waals surface area contributed by atoms with Crippen LogP contribution in [-0.2, 0) is 28.7 Å². The van der Waals surface area contributed by atoms with Crippen molar-refractivity contribution >= 4 is 23.8 Å². The van der Waals surface area contributed by atoms with E-state index in [9.17, 15) is 19.2 Å². The Bertz CT molecular complexity index is 570. The van der Waals surface area contributed by atoms with Crippen molar-refractivity contribution in [2.75, 3.05) is 27.3 Å². The number of carbonyl (C=O) groups excluding carboxylic acids is 4. The van der Waals surface area contributed by atoms with Crippen LogP contribution in [0.1, 0.15) is 53.4 Å². The van der Waals surface area contributed by atoms with Crippen LogP contribution in [0.3, 0.4) is 0 Å². The molecule has 1 rings (SSSR count). The molecule has 31 heavy (non-hydrogen) atoms. The molecular formula is C22H39N3O6. The average Bonchev–Trinajstić information content (AvgIpc) is 3.22. The number of esters is 2. The van der Waals surface area contributed by atoms with Gasteiger partial charge in [-0.05, 0) is 37.5 Å². The molecule has 0 aromatic rings. The van der Waals surface area contributed by atoms with Gasteiger partial charge in [0.25, 0.3) is 0 Å². The van der Waals surface area contributed by atoms with Crippen LogP contribution in [0.2, 0.25) is 0 Å². The molecular weight excluding hydrogens is 402 g/mol. The van der Waals surface area contributed by atoms with Gasteiger partial charge in [-0.1, -0.05) is 27.7 Å². The van der Waals surface area contributed by atoms with Crippen LogP contribution in [0.25, 0.3) is 0 Å². The first-order valence-electron chi connectivity index (χ1n) is 11.1. The van der Waals surface area contributed by atoms with E-state index in [4.69, 9.17) is 9.47 Å². The van der Waals surface area contributed by atoms with Gasteiger partial charge in [0.05, 0.1) is 26.1 Å². The van der Waals surface area contributed by atoms with Gasteiger partial charge in [-0.15, -0.1) is 0 Å². The molecule has 0 radical (unpaired) electrons. The summed E-state index contributed by atoms with van der Waals surface area (Å²) in [7, 11) is 2.57. The molecule has 1 aliphatic rings. The maximum Gasteiger partial charge on any atom is 0.328 e. The Labute approximate surface area is 185 Å². The number of nitrogens with one attached hydrogen (secondary N) is 3. The zero-order valence-corrected chi connectivity index (χ0v) is 19.7. The van der Waals surface area contributed by atoms with E-state index in [1.165, 1.54) is 14.2 Å². The highest BCUT2D eigenvalue weighted by Crippen LogP contribution is 2.19. The first-order valence-corrected chi connectivity index (χ1v) is 11.1. The molecule has 3 N–H and O–H groups in total. The highest BCUT2D eigenvalue weighted by molar-refractivity contribution is 5.92. The van der Waals surface area contributed by atoms with Crippen molar-refractivity contribution in [3.8, 4) is 0 Å². The molecule has 0 saturated carbocycles. The molecule has 0 aliphatic carbocycles. The van der Waals surface area contributed by atoms with Crippen molar-refractivity contribution in [3.05, 3.63) is 0 Å². The molecule has 1 saturated heterocycles. The number of rotatable bonds is 12. The second kappa shape index (κ2) is 13.3. The Balaban J connectivity index is 2.81. The third-order valence-corrected chi connectivity index (χ3v) is 5.56. The number of carbonyl (C=O) groups is 4. The zero-order chi connectivity index (χ0) is 23.6. The van der Waals surface area contributed by atoms with E-state index in [-0.39, 0.29) is 11.8 Å². The van der Waals surface area contributed by atoms with E-state index in [1.807, 2.05) is 27.7 Å². The van der Waals surface area contributed by atoms with Crippen LogP contribution >= 0.6 is 0 Å². The van der Waals surface area contributed by atoms with Crippen LogP contribution in [0.5, 0.6) is 0 Å². The van der Waals surface area contributed by atoms with Gasteiger partial charge in [0.2, 0.25) is 11.8 Å². The van der Waals surface area contributed by atoms with E-state index in [1.54, 1.807) is 0 Å². The lowest BCUT2D eigenvalue weighted by molar-refractivity contribution is -0.147. The fourth-order valence-electron chi connectivity index (χ4n) is 3.57. The fraction of sp³-hybridized carbons (Fsp3) is 0.818. The van der Waals surface area contributed by atoms with Crippen LogP contribution in [0, 0.1) is 23.7 Å². The predicted octanol–water partition coefficient (Wildman–Crippen LogP) is 1.01. The maximum absolute atomic E-state index is 12.9. The normalized spacial score (nSPS) is 20.3. The summed E-state index contributed by atoms with van der Waals surface area (Å²) in [5, 5.41) is 8.57.